The van der Waals surface area contributed by atoms with Crippen LogP contribution in [0, 0.1) is 6.92 Å². The molecule has 224 valence electrons. The largest absolute Gasteiger partial charge is 0.479 e. The lowest BCUT2D eigenvalue weighted by Gasteiger charge is -2.28. The molecule has 0 saturated carbocycles. The monoisotopic (exact) mass is 626 g/mol. The Balaban J connectivity index is 1.53. The molecule has 44 heavy (non-hydrogen) atoms. The van der Waals surface area contributed by atoms with E-state index < -0.39 is 17.7 Å². The molecule has 0 saturated heterocycles. The number of thiazole rings is 1. The molecule has 1 N–H and O–H groups in total. The molecule has 0 spiro atoms. The van der Waals surface area contributed by atoms with Crippen LogP contribution in [0.3, 0.4) is 0 Å². The van der Waals surface area contributed by atoms with Gasteiger partial charge in [0.25, 0.3) is 0 Å². The van der Waals surface area contributed by atoms with E-state index in [0.717, 1.165) is 59.8 Å². The zero-order chi connectivity index (χ0) is 31.5. The first-order valence-corrected chi connectivity index (χ1v) is 15.2. The molecule has 3 heterocycles. The van der Waals surface area contributed by atoms with E-state index in [1.165, 1.54) is 11.3 Å². The van der Waals surface area contributed by atoms with Crippen LogP contribution < -0.4 is 5.69 Å². The SMILES string of the molecule is Cc1cc2nc(-c3ccnc(-c4ccc5c(c4)n(C)c(=O)n5C)c3)sc2c(-c2ccc(Cl)cc2)c1[C@H](OC(C)(C)C)C(=O)O. The third kappa shape index (κ3) is 5.32. The second kappa shape index (κ2) is 11.0. The van der Waals surface area contributed by atoms with Crippen molar-refractivity contribution in [2.45, 2.75) is 39.4 Å². The van der Waals surface area contributed by atoms with Gasteiger partial charge in [-0.2, -0.15) is 0 Å². The fourth-order valence-corrected chi connectivity index (χ4v) is 6.80. The standard InChI is InChI=1S/C34H31ClN4O4S/c1-18-15-24-30(28(19-7-10-22(35)11-8-19)27(18)29(32(40)41)43-34(2,3)4)44-31(37-24)21-13-14-36-23(16-21)20-9-12-25-26(17-20)39(6)33(42)38(25)5/h7-17,29H,1-6H3,(H,40,41)/t29-/m0/s1. The normalized spacial score (nSPS) is 12.7. The summed E-state index contributed by atoms with van der Waals surface area (Å²) in [4.78, 5) is 34.7. The molecule has 3 aromatic heterocycles. The molecule has 6 aromatic rings. The first-order valence-electron chi connectivity index (χ1n) is 14.1. The fraction of sp³-hybridized carbons (Fsp3) is 0.235. The Kier molecular flexibility index (Phi) is 7.44. The highest BCUT2D eigenvalue weighted by Gasteiger charge is 2.32. The second-order valence-corrected chi connectivity index (χ2v) is 13.3. The van der Waals surface area contributed by atoms with Crippen molar-refractivity contribution in [2.24, 2.45) is 14.1 Å². The maximum atomic E-state index is 12.6. The maximum absolute atomic E-state index is 12.6. The number of imidazole rings is 1. The Morgan fingerprint density at radius 1 is 0.955 bits per heavy atom. The van der Waals surface area contributed by atoms with Crippen molar-refractivity contribution < 1.29 is 14.6 Å². The number of rotatable bonds is 6. The average molecular weight is 627 g/mol. The molecule has 0 aliphatic carbocycles. The lowest BCUT2D eigenvalue weighted by molar-refractivity contribution is -0.160. The number of hydrogen-bond acceptors (Lipinski definition) is 6. The molecule has 0 fully saturated rings. The lowest BCUT2D eigenvalue weighted by atomic mass is 9.91. The highest BCUT2D eigenvalue weighted by Crippen LogP contribution is 2.44. The van der Waals surface area contributed by atoms with E-state index in [0.29, 0.717) is 10.6 Å². The Morgan fingerprint density at radius 3 is 2.32 bits per heavy atom. The summed E-state index contributed by atoms with van der Waals surface area (Å²) in [5.74, 6) is -1.06. The molecule has 3 aromatic carbocycles. The van der Waals surface area contributed by atoms with Crippen molar-refractivity contribution >= 4 is 50.2 Å². The van der Waals surface area contributed by atoms with Gasteiger partial charge in [0.2, 0.25) is 0 Å². The van der Waals surface area contributed by atoms with Crippen LogP contribution in [-0.2, 0) is 23.6 Å². The molecule has 0 bridgehead atoms. The van der Waals surface area contributed by atoms with Gasteiger partial charge in [-0.25, -0.2) is 14.6 Å². The number of aromatic nitrogens is 4. The summed E-state index contributed by atoms with van der Waals surface area (Å²) in [7, 11) is 3.52. The van der Waals surface area contributed by atoms with Crippen LogP contribution in [-0.4, -0.2) is 35.8 Å². The number of hydrogen-bond donors (Lipinski definition) is 1. The summed E-state index contributed by atoms with van der Waals surface area (Å²) in [5.41, 5.74) is 7.11. The summed E-state index contributed by atoms with van der Waals surface area (Å²) in [5, 5.41) is 11.7. The first-order chi connectivity index (χ1) is 20.8. The van der Waals surface area contributed by atoms with Crippen molar-refractivity contribution in [1.29, 1.82) is 0 Å². The quantitative estimate of drug-likeness (QED) is 0.203. The topological polar surface area (TPSA) is 99.2 Å². The van der Waals surface area contributed by atoms with E-state index in [9.17, 15) is 14.7 Å². The van der Waals surface area contributed by atoms with Gasteiger partial charge < -0.3 is 9.84 Å². The Morgan fingerprint density at radius 2 is 1.64 bits per heavy atom. The van der Waals surface area contributed by atoms with Crippen molar-refractivity contribution in [3.8, 4) is 33.0 Å². The Bertz CT molecular complexity index is 2140. The van der Waals surface area contributed by atoms with E-state index in [-0.39, 0.29) is 5.69 Å². The Hall–Kier alpha value is -4.31. The van der Waals surface area contributed by atoms with Gasteiger partial charge in [-0.15, -0.1) is 11.3 Å². The number of pyridine rings is 1. The van der Waals surface area contributed by atoms with E-state index in [2.05, 4.69) is 4.98 Å². The molecule has 0 unspecified atom stereocenters. The van der Waals surface area contributed by atoms with Gasteiger partial charge >= 0.3 is 11.7 Å². The smallest absolute Gasteiger partial charge is 0.337 e. The molecule has 0 aliphatic rings. The summed E-state index contributed by atoms with van der Waals surface area (Å²) in [6, 6.07) is 19.1. The van der Waals surface area contributed by atoms with Crippen LogP contribution in [0.1, 0.15) is 38.0 Å². The second-order valence-electron chi connectivity index (χ2n) is 11.8. The van der Waals surface area contributed by atoms with Gasteiger partial charge in [0.1, 0.15) is 5.01 Å². The molecule has 8 nitrogen and oxygen atoms in total. The number of nitrogens with zero attached hydrogens (tertiary/aromatic N) is 4. The summed E-state index contributed by atoms with van der Waals surface area (Å²) >= 11 is 7.73. The predicted octanol–water partition coefficient (Wildman–Crippen LogP) is 7.79. The third-order valence-corrected chi connectivity index (χ3v) is 8.98. The number of benzene rings is 3. The fourth-order valence-electron chi connectivity index (χ4n) is 5.55. The number of fused-ring (bicyclic) bond motifs is 2. The number of carboxylic acids is 1. The number of ether oxygens (including phenoxy) is 1. The third-order valence-electron chi connectivity index (χ3n) is 7.59. The molecular formula is C34H31ClN4O4S. The molecule has 0 radical (unpaired) electrons. The van der Waals surface area contributed by atoms with Gasteiger partial charge in [0.05, 0.1) is 32.5 Å². The van der Waals surface area contributed by atoms with Crippen molar-refractivity contribution in [1.82, 2.24) is 19.1 Å². The number of halogens is 1. The zero-order valence-electron chi connectivity index (χ0n) is 25.2. The lowest BCUT2D eigenvalue weighted by Crippen LogP contribution is -2.28. The van der Waals surface area contributed by atoms with Crippen LogP contribution in [0.2, 0.25) is 5.02 Å². The molecule has 0 amide bonds. The molecule has 0 aliphatic heterocycles. The number of aryl methyl sites for hydroxylation is 3. The van der Waals surface area contributed by atoms with Crippen LogP contribution in [0.15, 0.2) is 71.7 Å². The minimum atomic E-state index is -1.19. The molecule has 10 heteroatoms. The van der Waals surface area contributed by atoms with Gasteiger partial charge in [0.15, 0.2) is 6.10 Å². The highest BCUT2D eigenvalue weighted by atomic mass is 35.5. The summed E-state index contributed by atoms with van der Waals surface area (Å²) in [6.07, 6.45) is 0.561. The molecular weight excluding hydrogens is 596 g/mol. The molecule has 1 atom stereocenters. The highest BCUT2D eigenvalue weighted by molar-refractivity contribution is 7.22. The first kappa shape index (κ1) is 29.7. The summed E-state index contributed by atoms with van der Waals surface area (Å²) < 4.78 is 10.2. The van der Waals surface area contributed by atoms with E-state index in [4.69, 9.17) is 21.3 Å². The number of carbonyl (C=O) groups is 1. The number of carboxylic acid groups (broad SMARTS) is 1. The van der Waals surface area contributed by atoms with E-state index in [1.54, 1.807) is 41.6 Å². The maximum Gasteiger partial charge on any atom is 0.337 e. The average Bonchev–Trinajstić information content (AvgIpc) is 3.50. The minimum Gasteiger partial charge on any atom is -0.479 e. The van der Waals surface area contributed by atoms with Crippen molar-refractivity contribution in [3.63, 3.8) is 0 Å². The van der Waals surface area contributed by atoms with Gasteiger partial charge in [-0.1, -0.05) is 29.8 Å². The number of aliphatic carboxylic acids is 1. The van der Waals surface area contributed by atoms with Crippen molar-refractivity contribution in [2.75, 3.05) is 0 Å². The van der Waals surface area contributed by atoms with Crippen LogP contribution in [0.5, 0.6) is 0 Å². The van der Waals surface area contributed by atoms with Gasteiger partial charge in [0, 0.05) is 47.6 Å². The summed E-state index contributed by atoms with van der Waals surface area (Å²) in [6.45, 7) is 7.44. The minimum absolute atomic E-state index is 0.0856. The molecule has 6 rings (SSSR count). The van der Waals surface area contributed by atoms with Gasteiger partial charge in [-0.05, 0) is 81.3 Å². The van der Waals surface area contributed by atoms with E-state index >= 15 is 0 Å². The predicted molar refractivity (Wildman–Crippen MR) is 176 cm³/mol. The van der Waals surface area contributed by atoms with Crippen LogP contribution in [0.4, 0.5) is 0 Å². The Labute approximate surface area is 263 Å². The van der Waals surface area contributed by atoms with Crippen LogP contribution >= 0.6 is 22.9 Å². The zero-order valence-corrected chi connectivity index (χ0v) is 26.7. The van der Waals surface area contributed by atoms with Crippen molar-refractivity contribution in [3.05, 3.63) is 93.5 Å². The van der Waals surface area contributed by atoms with Crippen LogP contribution in [0.25, 0.3) is 54.2 Å². The van der Waals surface area contributed by atoms with Gasteiger partial charge in [-0.3, -0.25) is 14.1 Å². The van der Waals surface area contributed by atoms with E-state index in [1.807, 2.05) is 76.2 Å².